The van der Waals surface area contributed by atoms with Crippen molar-refractivity contribution in [2.75, 3.05) is 38.6 Å². The van der Waals surface area contributed by atoms with Gasteiger partial charge in [-0.2, -0.15) is 0 Å². The number of ether oxygens (including phenoxy) is 1. The van der Waals surface area contributed by atoms with E-state index in [1.54, 1.807) is 43.0 Å². The molecule has 0 aromatic heterocycles. The summed E-state index contributed by atoms with van der Waals surface area (Å²) in [5.74, 6) is -0.566. The van der Waals surface area contributed by atoms with Crippen molar-refractivity contribution in [1.29, 1.82) is 0 Å². The van der Waals surface area contributed by atoms with Crippen LogP contribution in [0.25, 0.3) is 0 Å². The molecule has 1 heterocycles. The summed E-state index contributed by atoms with van der Waals surface area (Å²) in [6.45, 7) is 5.61. The van der Waals surface area contributed by atoms with Crippen LogP contribution in [0.1, 0.15) is 24.2 Å². The minimum absolute atomic E-state index is 0.177. The first-order chi connectivity index (χ1) is 11.8. The third-order valence-corrected chi connectivity index (χ3v) is 4.54. The normalized spacial score (nSPS) is 15.6. The highest BCUT2D eigenvalue weighted by Crippen LogP contribution is 2.21. The zero-order valence-electron chi connectivity index (χ0n) is 14.7. The van der Waals surface area contributed by atoms with Gasteiger partial charge < -0.3 is 15.4 Å². The van der Waals surface area contributed by atoms with E-state index < -0.39 is 11.6 Å². The molecule has 0 bridgehead atoms. The van der Waals surface area contributed by atoms with Crippen LogP contribution in [0.4, 0.5) is 10.5 Å². The highest BCUT2D eigenvalue weighted by molar-refractivity contribution is 6.02. The molecule has 8 heteroatoms. The number of nitrogens with one attached hydrogen (secondary N) is 1. The smallest absolute Gasteiger partial charge is 0.411 e. The average molecular weight is 348 g/mol. The predicted octanol–water partition coefficient (Wildman–Crippen LogP) is 0.887. The van der Waals surface area contributed by atoms with Gasteiger partial charge >= 0.3 is 6.09 Å². The van der Waals surface area contributed by atoms with Gasteiger partial charge in [-0.3, -0.25) is 19.8 Å². The zero-order valence-corrected chi connectivity index (χ0v) is 14.7. The molecule has 1 aromatic carbocycles. The van der Waals surface area contributed by atoms with E-state index in [4.69, 9.17) is 5.73 Å². The summed E-state index contributed by atoms with van der Waals surface area (Å²) < 4.78 is 4.58. The van der Waals surface area contributed by atoms with Gasteiger partial charge in [0, 0.05) is 26.2 Å². The lowest BCUT2D eigenvalue weighted by molar-refractivity contribution is -0.129. The third-order valence-electron chi connectivity index (χ3n) is 4.54. The number of nitrogens with two attached hydrogens (primary N) is 1. The summed E-state index contributed by atoms with van der Waals surface area (Å²) >= 11 is 0. The van der Waals surface area contributed by atoms with Crippen LogP contribution in [0.3, 0.4) is 0 Å². The van der Waals surface area contributed by atoms with Gasteiger partial charge in [0.1, 0.15) is 0 Å². The molecule has 0 unspecified atom stereocenters. The van der Waals surface area contributed by atoms with Crippen molar-refractivity contribution < 1.29 is 19.1 Å². The van der Waals surface area contributed by atoms with E-state index in [0.717, 1.165) is 0 Å². The summed E-state index contributed by atoms with van der Waals surface area (Å²) in [7, 11) is 1.26. The Labute approximate surface area is 146 Å². The number of para-hydroxylation sites is 1. The summed E-state index contributed by atoms with van der Waals surface area (Å²) in [4.78, 5) is 39.5. The molecule has 0 spiro atoms. The molecular formula is C17H24N4O4. The molecular weight excluding hydrogens is 324 g/mol. The second-order valence-electron chi connectivity index (χ2n) is 6.36. The van der Waals surface area contributed by atoms with Crippen molar-refractivity contribution in [2.24, 2.45) is 5.73 Å². The summed E-state index contributed by atoms with van der Waals surface area (Å²) in [5.41, 5.74) is 5.50. The van der Waals surface area contributed by atoms with Crippen LogP contribution in [-0.2, 0) is 9.53 Å². The molecule has 0 radical (unpaired) electrons. The first-order valence-electron chi connectivity index (χ1n) is 8.05. The van der Waals surface area contributed by atoms with Gasteiger partial charge in [0.15, 0.2) is 0 Å². The van der Waals surface area contributed by atoms with Crippen LogP contribution in [0, 0.1) is 0 Å². The van der Waals surface area contributed by atoms with Crippen LogP contribution in [0.5, 0.6) is 0 Å². The lowest BCUT2D eigenvalue weighted by Gasteiger charge is -2.42. The number of benzene rings is 1. The predicted molar refractivity (Wildman–Crippen MR) is 93.2 cm³/mol. The van der Waals surface area contributed by atoms with Crippen molar-refractivity contribution in [3.05, 3.63) is 29.8 Å². The maximum atomic E-state index is 12.8. The first-order valence-corrected chi connectivity index (χ1v) is 8.05. The van der Waals surface area contributed by atoms with Crippen molar-refractivity contribution in [3.8, 4) is 0 Å². The highest BCUT2D eigenvalue weighted by Gasteiger charge is 2.35. The number of carbonyl (C=O) groups is 3. The summed E-state index contributed by atoms with van der Waals surface area (Å²) in [5, 5.41) is 2.55. The number of rotatable bonds is 4. The molecule has 136 valence electrons. The largest absolute Gasteiger partial charge is 0.453 e. The molecule has 1 aliphatic rings. The van der Waals surface area contributed by atoms with Crippen LogP contribution in [-0.4, -0.2) is 66.5 Å². The fourth-order valence-electron chi connectivity index (χ4n) is 2.73. The molecule has 3 amide bonds. The van der Waals surface area contributed by atoms with E-state index in [2.05, 4.69) is 10.1 Å². The maximum Gasteiger partial charge on any atom is 0.411 e. The fourth-order valence-corrected chi connectivity index (χ4v) is 2.73. The Bertz CT molecular complexity index is 666. The molecule has 8 nitrogen and oxygen atoms in total. The summed E-state index contributed by atoms with van der Waals surface area (Å²) in [6.07, 6.45) is -0.631. The quantitative estimate of drug-likeness (QED) is 0.841. The third kappa shape index (κ3) is 4.08. The van der Waals surface area contributed by atoms with Crippen LogP contribution < -0.4 is 11.1 Å². The monoisotopic (exact) mass is 348 g/mol. The number of carbonyl (C=O) groups excluding carboxylic acids is 3. The zero-order chi connectivity index (χ0) is 18.6. The Kier molecular flexibility index (Phi) is 5.63. The van der Waals surface area contributed by atoms with E-state index in [-0.39, 0.29) is 11.8 Å². The molecule has 1 saturated heterocycles. The Morgan fingerprint density at radius 1 is 1.12 bits per heavy atom. The minimum Gasteiger partial charge on any atom is -0.453 e. The van der Waals surface area contributed by atoms with Gasteiger partial charge in [-0.25, -0.2) is 4.79 Å². The van der Waals surface area contributed by atoms with Crippen LogP contribution in [0.2, 0.25) is 0 Å². The number of hydrogen-bond acceptors (Lipinski definition) is 5. The molecule has 1 fully saturated rings. The maximum absolute atomic E-state index is 12.8. The molecule has 3 N–H and O–H groups in total. The average Bonchev–Trinajstić information content (AvgIpc) is 2.61. The number of anilines is 1. The van der Waals surface area contributed by atoms with Crippen molar-refractivity contribution in [2.45, 2.75) is 19.4 Å². The molecule has 25 heavy (non-hydrogen) atoms. The molecule has 0 aliphatic carbocycles. The topological polar surface area (TPSA) is 105 Å². The number of piperazine rings is 1. The van der Waals surface area contributed by atoms with Gasteiger partial charge in [0.05, 0.1) is 23.9 Å². The molecule has 1 aromatic rings. The van der Waals surface area contributed by atoms with Gasteiger partial charge in [0.2, 0.25) is 5.91 Å². The number of amides is 3. The van der Waals surface area contributed by atoms with Gasteiger partial charge in [-0.15, -0.1) is 0 Å². The Morgan fingerprint density at radius 2 is 1.72 bits per heavy atom. The molecule has 0 atom stereocenters. The van der Waals surface area contributed by atoms with E-state index in [0.29, 0.717) is 37.4 Å². The fraction of sp³-hybridized carbons (Fsp3) is 0.471. The number of methoxy groups -OCH3 is 1. The van der Waals surface area contributed by atoms with E-state index in [1.807, 2.05) is 4.90 Å². The van der Waals surface area contributed by atoms with Crippen molar-refractivity contribution in [1.82, 2.24) is 9.80 Å². The SMILES string of the molecule is COC(=O)Nc1ccccc1C(=O)N1CCN(C(C)(C)C(N)=O)CC1. The van der Waals surface area contributed by atoms with Gasteiger partial charge in [-0.1, -0.05) is 12.1 Å². The lowest BCUT2D eigenvalue weighted by atomic mass is 10.0. The number of primary amides is 1. The number of hydrogen-bond donors (Lipinski definition) is 2. The standard InChI is InChI=1S/C17H24N4O4/c1-17(2,15(18)23)21-10-8-20(9-11-21)14(22)12-6-4-5-7-13(12)19-16(24)25-3/h4-7H,8-11H2,1-3H3,(H2,18,23)(H,19,24). The minimum atomic E-state index is -0.751. The van der Waals surface area contributed by atoms with Crippen molar-refractivity contribution in [3.63, 3.8) is 0 Å². The first kappa shape index (κ1) is 18.7. The molecule has 2 rings (SSSR count). The lowest BCUT2D eigenvalue weighted by Crippen LogP contribution is -2.60. The van der Waals surface area contributed by atoms with Gasteiger partial charge in [-0.05, 0) is 26.0 Å². The van der Waals surface area contributed by atoms with Crippen LogP contribution in [0.15, 0.2) is 24.3 Å². The number of nitrogens with zero attached hydrogens (tertiary/aromatic N) is 2. The van der Waals surface area contributed by atoms with E-state index >= 15 is 0 Å². The van der Waals surface area contributed by atoms with Crippen LogP contribution >= 0.6 is 0 Å². The van der Waals surface area contributed by atoms with E-state index in [1.165, 1.54) is 7.11 Å². The second kappa shape index (κ2) is 7.52. The summed E-state index contributed by atoms with van der Waals surface area (Å²) in [6, 6.07) is 6.78. The molecule has 1 aliphatic heterocycles. The Morgan fingerprint density at radius 3 is 2.28 bits per heavy atom. The van der Waals surface area contributed by atoms with Gasteiger partial charge in [0.25, 0.3) is 5.91 Å². The Hall–Kier alpha value is -2.61. The molecule has 0 saturated carbocycles. The van der Waals surface area contributed by atoms with Crippen molar-refractivity contribution >= 4 is 23.6 Å². The van der Waals surface area contributed by atoms with E-state index in [9.17, 15) is 14.4 Å². The second-order valence-corrected chi connectivity index (χ2v) is 6.36. The highest BCUT2D eigenvalue weighted by atomic mass is 16.5. The Balaban J connectivity index is 2.09.